The van der Waals surface area contributed by atoms with Crippen LogP contribution < -0.4 is 5.32 Å². The zero-order valence-corrected chi connectivity index (χ0v) is 16.0. The Hall–Kier alpha value is -3.06. The van der Waals surface area contributed by atoms with Gasteiger partial charge in [0.15, 0.2) is 0 Å². The standard InChI is InChI=1S/C22H21F2N3O2/c1-14-19(26-22(29-14)17-8-7-16(23)12-18(17)24)13-27-10-9-25-21(28)20(27)11-15-5-3-2-4-6-15/h2-8,12,20H,9-11,13H2,1H3,(H,25,28). The number of hydrogen-bond acceptors (Lipinski definition) is 4. The molecule has 1 aliphatic heterocycles. The van der Waals surface area contributed by atoms with E-state index in [1.807, 2.05) is 30.3 Å². The molecule has 1 atom stereocenters. The highest BCUT2D eigenvalue weighted by Crippen LogP contribution is 2.26. The summed E-state index contributed by atoms with van der Waals surface area (Å²) in [6.07, 6.45) is 0.586. The maximum atomic E-state index is 14.1. The van der Waals surface area contributed by atoms with Crippen LogP contribution >= 0.6 is 0 Å². The van der Waals surface area contributed by atoms with Crippen molar-refractivity contribution < 1.29 is 18.0 Å². The molecule has 0 spiro atoms. The quantitative estimate of drug-likeness (QED) is 0.716. The van der Waals surface area contributed by atoms with Gasteiger partial charge in [0.1, 0.15) is 17.4 Å². The van der Waals surface area contributed by atoms with Crippen LogP contribution in [-0.4, -0.2) is 34.9 Å². The first kappa shape index (κ1) is 19.3. The van der Waals surface area contributed by atoms with Crippen LogP contribution in [0, 0.1) is 18.6 Å². The van der Waals surface area contributed by atoms with Crippen LogP contribution in [0.15, 0.2) is 52.9 Å². The molecule has 1 unspecified atom stereocenters. The summed E-state index contributed by atoms with van der Waals surface area (Å²) < 4.78 is 32.9. The normalized spacial score (nSPS) is 17.3. The number of hydrogen-bond donors (Lipinski definition) is 1. The van der Waals surface area contributed by atoms with Crippen molar-refractivity contribution in [2.45, 2.75) is 25.9 Å². The molecule has 1 amide bonds. The van der Waals surface area contributed by atoms with E-state index in [9.17, 15) is 13.6 Å². The lowest BCUT2D eigenvalue weighted by atomic mass is 10.0. The van der Waals surface area contributed by atoms with Gasteiger partial charge in [0.25, 0.3) is 0 Å². The van der Waals surface area contributed by atoms with Crippen molar-refractivity contribution in [2.75, 3.05) is 13.1 Å². The van der Waals surface area contributed by atoms with Crippen molar-refractivity contribution in [1.82, 2.24) is 15.2 Å². The number of aryl methyl sites for hydroxylation is 1. The van der Waals surface area contributed by atoms with E-state index < -0.39 is 11.6 Å². The van der Waals surface area contributed by atoms with Gasteiger partial charge >= 0.3 is 0 Å². The average molecular weight is 397 g/mol. The van der Waals surface area contributed by atoms with Gasteiger partial charge in [0, 0.05) is 25.7 Å². The number of piperazine rings is 1. The summed E-state index contributed by atoms with van der Waals surface area (Å²) in [6.45, 7) is 3.39. The summed E-state index contributed by atoms with van der Waals surface area (Å²) in [5, 5.41) is 2.92. The van der Waals surface area contributed by atoms with Gasteiger partial charge < -0.3 is 9.73 Å². The van der Waals surface area contributed by atoms with Crippen LogP contribution in [0.2, 0.25) is 0 Å². The van der Waals surface area contributed by atoms with E-state index in [1.165, 1.54) is 12.1 Å². The van der Waals surface area contributed by atoms with E-state index in [4.69, 9.17) is 4.42 Å². The van der Waals surface area contributed by atoms with E-state index in [2.05, 4.69) is 15.2 Å². The Labute approximate surface area is 167 Å². The third kappa shape index (κ3) is 4.19. The fraction of sp³-hybridized carbons (Fsp3) is 0.273. The topological polar surface area (TPSA) is 58.4 Å². The lowest BCUT2D eigenvalue weighted by Gasteiger charge is -2.34. The van der Waals surface area contributed by atoms with E-state index in [0.29, 0.717) is 37.5 Å². The number of aromatic nitrogens is 1. The molecule has 3 aromatic rings. The van der Waals surface area contributed by atoms with Crippen molar-refractivity contribution in [2.24, 2.45) is 0 Å². The molecule has 2 aromatic carbocycles. The van der Waals surface area contributed by atoms with Gasteiger partial charge in [-0.05, 0) is 31.0 Å². The zero-order chi connectivity index (χ0) is 20.4. The minimum Gasteiger partial charge on any atom is -0.441 e. The molecule has 1 aliphatic rings. The van der Waals surface area contributed by atoms with Gasteiger partial charge in [0.2, 0.25) is 11.8 Å². The fourth-order valence-electron chi connectivity index (χ4n) is 3.56. The molecule has 0 aliphatic carbocycles. The number of nitrogens with zero attached hydrogens (tertiary/aromatic N) is 2. The molecule has 0 saturated carbocycles. The monoisotopic (exact) mass is 397 g/mol. The van der Waals surface area contributed by atoms with Crippen LogP contribution in [0.5, 0.6) is 0 Å². The summed E-state index contributed by atoms with van der Waals surface area (Å²) in [4.78, 5) is 19.0. The maximum absolute atomic E-state index is 14.1. The predicted molar refractivity (Wildman–Crippen MR) is 104 cm³/mol. The average Bonchev–Trinajstić information content (AvgIpc) is 3.05. The third-order valence-corrected chi connectivity index (χ3v) is 5.12. The Kier molecular flexibility index (Phi) is 5.40. The molecule has 29 heavy (non-hydrogen) atoms. The first-order valence-corrected chi connectivity index (χ1v) is 9.48. The molecule has 2 heterocycles. The highest BCUT2D eigenvalue weighted by Gasteiger charge is 2.31. The number of nitrogens with one attached hydrogen (secondary N) is 1. The van der Waals surface area contributed by atoms with E-state index in [-0.39, 0.29) is 23.4 Å². The van der Waals surface area contributed by atoms with E-state index in [1.54, 1.807) is 6.92 Å². The van der Waals surface area contributed by atoms with Crippen molar-refractivity contribution in [3.8, 4) is 11.5 Å². The molecule has 1 aromatic heterocycles. The number of carbonyl (C=O) groups excluding carboxylic acids is 1. The SMILES string of the molecule is Cc1oc(-c2ccc(F)cc2F)nc1CN1CCNC(=O)C1Cc1ccccc1. The van der Waals surface area contributed by atoms with Crippen LogP contribution in [0.3, 0.4) is 0 Å². The van der Waals surface area contributed by atoms with E-state index in [0.717, 1.165) is 11.6 Å². The molecule has 7 heteroatoms. The lowest BCUT2D eigenvalue weighted by molar-refractivity contribution is -0.129. The fourth-order valence-corrected chi connectivity index (χ4v) is 3.56. The summed E-state index contributed by atoms with van der Waals surface area (Å²) in [5.41, 5.74) is 1.82. The third-order valence-electron chi connectivity index (χ3n) is 5.12. The first-order valence-electron chi connectivity index (χ1n) is 9.48. The van der Waals surface area contributed by atoms with Gasteiger partial charge in [0.05, 0.1) is 17.3 Å². The van der Waals surface area contributed by atoms with Crippen molar-refractivity contribution >= 4 is 5.91 Å². The summed E-state index contributed by atoms with van der Waals surface area (Å²) in [7, 11) is 0. The number of rotatable bonds is 5. The number of amides is 1. The van der Waals surface area contributed by atoms with Crippen molar-refractivity contribution in [1.29, 1.82) is 0 Å². The molecule has 0 radical (unpaired) electrons. The smallest absolute Gasteiger partial charge is 0.237 e. The van der Waals surface area contributed by atoms with Crippen molar-refractivity contribution in [3.05, 3.63) is 77.2 Å². The van der Waals surface area contributed by atoms with Gasteiger partial charge in [-0.25, -0.2) is 13.8 Å². The molecule has 4 rings (SSSR count). The molecule has 5 nitrogen and oxygen atoms in total. The minimum absolute atomic E-state index is 0.0222. The Balaban J connectivity index is 1.57. The Morgan fingerprint density at radius 2 is 2.00 bits per heavy atom. The summed E-state index contributed by atoms with van der Waals surface area (Å²) in [6, 6.07) is 12.8. The second-order valence-electron chi connectivity index (χ2n) is 7.11. The van der Waals surface area contributed by atoms with Gasteiger partial charge in [-0.2, -0.15) is 0 Å². The zero-order valence-electron chi connectivity index (χ0n) is 16.0. The van der Waals surface area contributed by atoms with Crippen LogP contribution in [0.25, 0.3) is 11.5 Å². The number of oxazole rings is 1. The second-order valence-corrected chi connectivity index (χ2v) is 7.11. The molecule has 0 bridgehead atoms. The second kappa shape index (κ2) is 8.13. The summed E-state index contributed by atoms with van der Waals surface area (Å²) >= 11 is 0. The Morgan fingerprint density at radius 1 is 1.21 bits per heavy atom. The lowest BCUT2D eigenvalue weighted by Crippen LogP contribution is -2.55. The summed E-state index contributed by atoms with van der Waals surface area (Å²) in [5.74, 6) is -0.745. The minimum atomic E-state index is -0.725. The van der Waals surface area contributed by atoms with Crippen molar-refractivity contribution in [3.63, 3.8) is 0 Å². The van der Waals surface area contributed by atoms with Gasteiger partial charge in [-0.15, -0.1) is 0 Å². The van der Waals surface area contributed by atoms with Gasteiger partial charge in [-0.1, -0.05) is 30.3 Å². The molecular weight excluding hydrogens is 376 g/mol. The largest absolute Gasteiger partial charge is 0.441 e. The van der Waals surface area contributed by atoms with Crippen LogP contribution in [0.1, 0.15) is 17.0 Å². The molecule has 1 N–H and O–H groups in total. The predicted octanol–water partition coefficient (Wildman–Crippen LogP) is 3.47. The molecular formula is C22H21F2N3O2. The number of carbonyl (C=O) groups is 1. The Bertz CT molecular complexity index is 1020. The molecule has 1 saturated heterocycles. The van der Waals surface area contributed by atoms with Gasteiger partial charge in [-0.3, -0.25) is 9.69 Å². The maximum Gasteiger partial charge on any atom is 0.237 e. The Morgan fingerprint density at radius 3 is 2.76 bits per heavy atom. The van der Waals surface area contributed by atoms with Crippen LogP contribution in [0.4, 0.5) is 8.78 Å². The number of halogens is 2. The first-order chi connectivity index (χ1) is 14.0. The highest BCUT2D eigenvalue weighted by molar-refractivity contribution is 5.82. The highest BCUT2D eigenvalue weighted by atomic mass is 19.1. The van der Waals surface area contributed by atoms with Crippen LogP contribution in [-0.2, 0) is 17.8 Å². The van der Waals surface area contributed by atoms with E-state index >= 15 is 0 Å². The number of benzene rings is 2. The molecule has 1 fully saturated rings. The molecule has 150 valence electrons.